The molecular weight excluding hydrogens is 266 g/mol. The third-order valence-corrected chi connectivity index (χ3v) is 4.34. The van der Waals surface area contributed by atoms with Gasteiger partial charge in [-0.05, 0) is 25.1 Å². The molecule has 0 radical (unpaired) electrons. The zero-order valence-electron chi connectivity index (χ0n) is 12.5. The van der Waals surface area contributed by atoms with E-state index in [1.54, 1.807) is 0 Å². The molecular formula is C16H25N3O2. The minimum absolute atomic E-state index is 0.696. The van der Waals surface area contributed by atoms with Gasteiger partial charge in [0.2, 0.25) is 0 Å². The first kappa shape index (κ1) is 14.6. The molecule has 3 rings (SSSR count). The molecule has 2 fully saturated rings. The average Bonchev–Trinajstić information content (AvgIpc) is 2.97. The van der Waals surface area contributed by atoms with Gasteiger partial charge >= 0.3 is 0 Å². The maximum Gasteiger partial charge on any atom is 0.121 e. The quantitative estimate of drug-likeness (QED) is 0.822. The molecule has 1 aromatic carbocycles. The number of nitrogen functional groups attached to an aromatic ring is 1. The Morgan fingerprint density at radius 3 is 2.90 bits per heavy atom. The van der Waals surface area contributed by atoms with Crippen LogP contribution in [-0.4, -0.2) is 68.4 Å². The fourth-order valence-electron chi connectivity index (χ4n) is 3.15. The molecule has 2 aliphatic rings. The number of rotatable bonds is 5. The summed E-state index contributed by atoms with van der Waals surface area (Å²) in [6.07, 6.45) is 1.26. The number of hydrogen-bond acceptors (Lipinski definition) is 5. The second-order valence-corrected chi connectivity index (χ2v) is 5.81. The lowest BCUT2D eigenvalue weighted by Crippen LogP contribution is -2.44. The predicted octanol–water partition coefficient (Wildman–Crippen LogP) is 1.05. The van der Waals surface area contributed by atoms with Gasteiger partial charge in [-0.3, -0.25) is 9.80 Å². The van der Waals surface area contributed by atoms with Crippen LogP contribution < -0.4 is 10.5 Å². The Hall–Kier alpha value is -1.30. The predicted molar refractivity (Wildman–Crippen MR) is 83.6 cm³/mol. The van der Waals surface area contributed by atoms with E-state index < -0.39 is 0 Å². The average molecular weight is 291 g/mol. The van der Waals surface area contributed by atoms with E-state index >= 15 is 0 Å². The lowest BCUT2D eigenvalue weighted by Gasteiger charge is -2.32. The highest BCUT2D eigenvalue weighted by Gasteiger charge is 2.28. The van der Waals surface area contributed by atoms with Gasteiger partial charge in [-0.25, -0.2) is 0 Å². The first-order chi connectivity index (χ1) is 10.3. The van der Waals surface area contributed by atoms with Crippen molar-refractivity contribution in [3.63, 3.8) is 0 Å². The summed E-state index contributed by atoms with van der Waals surface area (Å²) in [5.41, 5.74) is 6.50. The Balaban J connectivity index is 1.38. The first-order valence-corrected chi connectivity index (χ1v) is 7.84. The van der Waals surface area contributed by atoms with Gasteiger partial charge in [0.25, 0.3) is 0 Å². The summed E-state index contributed by atoms with van der Waals surface area (Å²) >= 11 is 0. The number of morpholine rings is 1. The lowest BCUT2D eigenvalue weighted by molar-refractivity contribution is 0.0183. The van der Waals surface area contributed by atoms with Crippen LogP contribution in [0.15, 0.2) is 24.3 Å². The smallest absolute Gasteiger partial charge is 0.121 e. The molecule has 1 unspecified atom stereocenters. The van der Waals surface area contributed by atoms with Gasteiger partial charge in [0, 0.05) is 44.0 Å². The number of benzene rings is 1. The largest absolute Gasteiger partial charge is 0.492 e. The molecule has 2 N–H and O–H groups in total. The first-order valence-electron chi connectivity index (χ1n) is 7.84. The number of likely N-dealkylation sites (tertiary alicyclic amines) is 1. The third kappa shape index (κ3) is 4.09. The van der Waals surface area contributed by atoms with Crippen molar-refractivity contribution in [1.82, 2.24) is 9.80 Å². The van der Waals surface area contributed by atoms with Crippen molar-refractivity contribution in [2.24, 2.45) is 0 Å². The van der Waals surface area contributed by atoms with Gasteiger partial charge in [0.15, 0.2) is 0 Å². The molecule has 0 bridgehead atoms. The summed E-state index contributed by atoms with van der Waals surface area (Å²) in [4.78, 5) is 5.06. The van der Waals surface area contributed by atoms with Gasteiger partial charge in [-0.1, -0.05) is 6.07 Å². The molecule has 0 amide bonds. The molecule has 0 aliphatic carbocycles. The van der Waals surface area contributed by atoms with E-state index in [0.717, 1.165) is 57.4 Å². The lowest BCUT2D eigenvalue weighted by atomic mass is 10.2. The molecule has 2 heterocycles. The van der Waals surface area contributed by atoms with Crippen LogP contribution in [0.1, 0.15) is 6.42 Å². The second kappa shape index (κ2) is 7.11. The van der Waals surface area contributed by atoms with E-state index in [1.165, 1.54) is 13.0 Å². The van der Waals surface area contributed by atoms with Crippen molar-refractivity contribution in [1.29, 1.82) is 0 Å². The van der Waals surface area contributed by atoms with Crippen molar-refractivity contribution >= 4 is 5.69 Å². The van der Waals surface area contributed by atoms with Crippen LogP contribution >= 0.6 is 0 Å². The maximum absolute atomic E-state index is 5.77. The molecule has 1 aromatic rings. The minimum Gasteiger partial charge on any atom is -0.492 e. The number of anilines is 1. The summed E-state index contributed by atoms with van der Waals surface area (Å²) in [5, 5.41) is 0. The Labute approximate surface area is 126 Å². The summed E-state index contributed by atoms with van der Waals surface area (Å²) < 4.78 is 11.2. The molecule has 21 heavy (non-hydrogen) atoms. The highest BCUT2D eigenvalue weighted by atomic mass is 16.5. The van der Waals surface area contributed by atoms with E-state index in [1.807, 2.05) is 24.3 Å². The fourth-order valence-corrected chi connectivity index (χ4v) is 3.15. The summed E-state index contributed by atoms with van der Waals surface area (Å²) in [6.45, 7) is 7.96. The Bertz CT molecular complexity index is 449. The minimum atomic E-state index is 0.696. The van der Waals surface area contributed by atoms with E-state index in [2.05, 4.69) is 9.80 Å². The zero-order chi connectivity index (χ0) is 14.5. The van der Waals surface area contributed by atoms with E-state index in [-0.39, 0.29) is 0 Å². The zero-order valence-corrected chi connectivity index (χ0v) is 12.5. The highest BCUT2D eigenvalue weighted by Crippen LogP contribution is 2.17. The van der Waals surface area contributed by atoms with Crippen LogP contribution in [-0.2, 0) is 4.74 Å². The number of hydrogen-bond donors (Lipinski definition) is 1. The Morgan fingerprint density at radius 1 is 1.24 bits per heavy atom. The maximum atomic E-state index is 5.77. The standard InChI is InChI=1S/C16H25N3O2/c17-14-2-1-3-16(12-14)21-11-6-18-5-4-15(13-18)19-7-9-20-10-8-19/h1-3,12,15H,4-11,13,17H2. The van der Waals surface area contributed by atoms with Gasteiger partial charge in [0.1, 0.15) is 12.4 Å². The van der Waals surface area contributed by atoms with Crippen LogP contribution in [0.5, 0.6) is 5.75 Å². The monoisotopic (exact) mass is 291 g/mol. The molecule has 2 aliphatic heterocycles. The molecule has 116 valence electrons. The van der Waals surface area contributed by atoms with Crippen LogP contribution in [0.2, 0.25) is 0 Å². The van der Waals surface area contributed by atoms with Crippen molar-refractivity contribution in [2.75, 3.05) is 58.3 Å². The van der Waals surface area contributed by atoms with Crippen LogP contribution in [0.25, 0.3) is 0 Å². The van der Waals surface area contributed by atoms with Gasteiger partial charge < -0.3 is 15.2 Å². The molecule has 0 saturated carbocycles. The van der Waals surface area contributed by atoms with E-state index in [4.69, 9.17) is 15.2 Å². The normalized spacial score (nSPS) is 24.3. The number of ether oxygens (including phenoxy) is 2. The van der Waals surface area contributed by atoms with Gasteiger partial charge in [-0.2, -0.15) is 0 Å². The van der Waals surface area contributed by atoms with Gasteiger partial charge in [0.05, 0.1) is 13.2 Å². The number of nitrogens with two attached hydrogens (primary N) is 1. The molecule has 1 atom stereocenters. The van der Waals surface area contributed by atoms with E-state index in [0.29, 0.717) is 6.04 Å². The summed E-state index contributed by atoms with van der Waals surface area (Å²) in [5.74, 6) is 0.860. The second-order valence-electron chi connectivity index (χ2n) is 5.81. The topological polar surface area (TPSA) is 51.0 Å². The molecule has 5 nitrogen and oxygen atoms in total. The Kier molecular flexibility index (Phi) is 4.95. The molecule has 2 saturated heterocycles. The van der Waals surface area contributed by atoms with Crippen LogP contribution in [0.4, 0.5) is 5.69 Å². The number of nitrogens with zero attached hydrogens (tertiary/aromatic N) is 2. The third-order valence-electron chi connectivity index (χ3n) is 4.34. The highest BCUT2D eigenvalue weighted by molar-refractivity contribution is 5.43. The molecule has 0 spiro atoms. The van der Waals surface area contributed by atoms with Crippen molar-refractivity contribution in [3.05, 3.63) is 24.3 Å². The van der Waals surface area contributed by atoms with E-state index in [9.17, 15) is 0 Å². The fraction of sp³-hybridized carbons (Fsp3) is 0.625. The Morgan fingerprint density at radius 2 is 2.10 bits per heavy atom. The van der Waals surface area contributed by atoms with Crippen LogP contribution in [0, 0.1) is 0 Å². The van der Waals surface area contributed by atoms with Crippen molar-refractivity contribution in [2.45, 2.75) is 12.5 Å². The molecule has 0 aromatic heterocycles. The summed E-state index contributed by atoms with van der Waals surface area (Å²) in [7, 11) is 0. The summed E-state index contributed by atoms with van der Waals surface area (Å²) in [6, 6.07) is 8.33. The SMILES string of the molecule is Nc1cccc(OCCN2CCC(N3CCOCC3)C2)c1. The van der Waals surface area contributed by atoms with Crippen LogP contribution in [0.3, 0.4) is 0 Å². The van der Waals surface area contributed by atoms with Crippen molar-refractivity contribution < 1.29 is 9.47 Å². The van der Waals surface area contributed by atoms with Crippen molar-refractivity contribution in [3.8, 4) is 5.75 Å². The van der Waals surface area contributed by atoms with Gasteiger partial charge in [-0.15, -0.1) is 0 Å². The molecule has 5 heteroatoms.